The molecule has 1 aliphatic carbocycles. The fourth-order valence-corrected chi connectivity index (χ4v) is 3.87. The van der Waals surface area contributed by atoms with Crippen LogP contribution >= 0.6 is 0 Å². The summed E-state index contributed by atoms with van der Waals surface area (Å²) < 4.78 is 8.03. The van der Waals surface area contributed by atoms with E-state index in [2.05, 4.69) is 16.6 Å². The third kappa shape index (κ3) is 2.42. The van der Waals surface area contributed by atoms with Gasteiger partial charge < -0.3 is 4.74 Å². The molecule has 1 saturated heterocycles. The molecule has 2 fully saturated rings. The van der Waals surface area contributed by atoms with Crippen LogP contribution in [-0.2, 0) is 11.8 Å². The standard InChI is InChI=1S/C14H24N4O/c1-18-12(4-8-16-18)13(17-15)11-5-9-19-14(10-11)6-2-3-7-14/h4,8,11,13,17H,2-3,5-7,9-10,15H2,1H3. The van der Waals surface area contributed by atoms with Crippen molar-refractivity contribution in [1.29, 1.82) is 0 Å². The number of nitrogens with two attached hydrogens (primary N) is 1. The Labute approximate surface area is 114 Å². The molecule has 0 bridgehead atoms. The molecule has 5 nitrogen and oxygen atoms in total. The quantitative estimate of drug-likeness (QED) is 0.644. The van der Waals surface area contributed by atoms with Crippen LogP contribution in [0, 0.1) is 5.92 Å². The highest BCUT2D eigenvalue weighted by molar-refractivity contribution is 5.09. The van der Waals surface area contributed by atoms with Gasteiger partial charge in [0.05, 0.1) is 17.3 Å². The van der Waals surface area contributed by atoms with Gasteiger partial charge in [0.25, 0.3) is 0 Å². The highest BCUT2D eigenvalue weighted by Gasteiger charge is 2.42. The number of hydrazine groups is 1. The summed E-state index contributed by atoms with van der Waals surface area (Å²) in [6.07, 6.45) is 9.07. The Balaban J connectivity index is 1.78. The van der Waals surface area contributed by atoms with Gasteiger partial charge in [0.15, 0.2) is 0 Å². The zero-order valence-electron chi connectivity index (χ0n) is 11.6. The maximum absolute atomic E-state index is 6.11. The normalized spacial score (nSPS) is 27.8. The second kappa shape index (κ2) is 5.23. The van der Waals surface area contributed by atoms with E-state index in [-0.39, 0.29) is 11.6 Å². The van der Waals surface area contributed by atoms with Gasteiger partial charge in [-0.1, -0.05) is 12.8 Å². The second-order valence-electron chi connectivity index (χ2n) is 6.02. The molecule has 19 heavy (non-hydrogen) atoms. The second-order valence-corrected chi connectivity index (χ2v) is 6.02. The van der Waals surface area contributed by atoms with Crippen LogP contribution in [0.1, 0.15) is 50.3 Å². The lowest BCUT2D eigenvalue weighted by Crippen LogP contribution is -2.44. The number of hydrogen-bond acceptors (Lipinski definition) is 4. The number of hydrogen-bond donors (Lipinski definition) is 2. The van der Waals surface area contributed by atoms with Crippen LogP contribution in [0.25, 0.3) is 0 Å². The van der Waals surface area contributed by atoms with Crippen molar-refractivity contribution < 1.29 is 4.74 Å². The van der Waals surface area contributed by atoms with Gasteiger partial charge >= 0.3 is 0 Å². The summed E-state index contributed by atoms with van der Waals surface area (Å²) in [6, 6.07) is 2.23. The van der Waals surface area contributed by atoms with Crippen molar-refractivity contribution in [3.05, 3.63) is 18.0 Å². The molecule has 0 amide bonds. The first-order valence-corrected chi connectivity index (χ1v) is 7.32. The number of aryl methyl sites for hydroxylation is 1. The number of aromatic nitrogens is 2. The van der Waals surface area contributed by atoms with E-state index in [4.69, 9.17) is 10.6 Å². The van der Waals surface area contributed by atoms with E-state index in [0.29, 0.717) is 5.92 Å². The first-order valence-electron chi connectivity index (χ1n) is 7.32. The Bertz CT molecular complexity index is 425. The van der Waals surface area contributed by atoms with E-state index < -0.39 is 0 Å². The van der Waals surface area contributed by atoms with Crippen LogP contribution in [0.15, 0.2) is 12.3 Å². The van der Waals surface area contributed by atoms with E-state index in [1.807, 2.05) is 17.9 Å². The Morgan fingerprint density at radius 3 is 2.95 bits per heavy atom. The topological polar surface area (TPSA) is 65.1 Å². The summed E-state index contributed by atoms with van der Waals surface area (Å²) in [6.45, 7) is 0.862. The third-order valence-corrected chi connectivity index (χ3v) is 4.87. The molecule has 1 aromatic rings. The minimum Gasteiger partial charge on any atom is -0.375 e. The van der Waals surface area contributed by atoms with Gasteiger partial charge in [0.2, 0.25) is 0 Å². The van der Waals surface area contributed by atoms with Crippen LogP contribution in [0.2, 0.25) is 0 Å². The van der Waals surface area contributed by atoms with Crippen molar-refractivity contribution in [3.8, 4) is 0 Å². The van der Waals surface area contributed by atoms with Gasteiger partial charge in [-0.3, -0.25) is 16.0 Å². The zero-order chi connectivity index (χ0) is 13.3. The lowest BCUT2D eigenvalue weighted by Gasteiger charge is -2.41. The molecular weight excluding hydrogens is 240 g/mol. The minimum atomic E-state index is 0.136. The van der Waals surface area contributed by atoms with Gasteiger partial charge in [-0.25, -0.2) is 0 Å². The maximum Gasteiger partial charge on any atom is 0.0686 e. The molecule has 2 atom stereocenters. The molecule has 3 N–H and O–H groups in total. The minimum absolute atomic E-state index is 0.136. The molecule has 3 rings (SSSR count). The average molecular weight is 264 g/mol. The predicted octanol–water partition coefficient (Wildman–Crippen LogP) is 1.66. The highest BCUT2D eigenvalue weighted by Crippen LogP contribution is 2.45. The molecule has 106 valence electrons. The van der Waals surface area contributed by atoms with E-state index in [1.165, 1.54) is 31.4 Å². The fraction of sp³-hybridized carbons (Fsp3) is 0.786. The van der Waals surface area contributed by atoms with Crippen molar-refractivity contribution in [2.24, 2.45) is 18.8 Å². The lowest BCUT2D eigenvalue weighted by molar-refractivity contribution is -0.0985. The van der Waals surface area contributed by atoms with Crippen LogP contribution in [0.4, 0.5) is 0 Å². The molecule has 2 aliphatic rings. The van der Waals surface area contributed by atoms with Crippen molar-refractivity contribution >= 4 is 0 Å². The van der Waals surface area contributed by atoms with Crippen molar-refractivity contribution in [3.63, 3.8) is 0 Å². The third-order valence-electron chi connectivity index (χ3n) is 4.87. The number of ether oxygens (including phenoxy) is 1. The van der Waals surface area contributed by atoms with Crippen LogP contribution < -0.4 is 11.3 Å². The molecule has 1 aliphatic heterocycles. The fourth-order valence-electron chi connectivity index (χ4n) is 3.87. The molecular formula is C14H24N4O. The Morgan fingerprint density at radius 2 is 2.32 bits per heavy atom. The summed E-state index contributed by atoms with van der Waals surface area (Å²) >= 11 is 0. The predicted molar refractivity (Wildman–Crippen MR) is 73.1 cm³/mol. The smallest absolute Gasteiger partial charge is 0.0686 e. The molecule has 2 unspecified atom stereocenters. The van der Waals surface area contributed by atoms with Crippen LogP contribution in [-0.4, -0.2) is 22.0 Å². The summed E-state index contributed by atoms with van der Waals surface area (Å²) in [4.78, 5) is 0. The maximum atomic E-state index is 6.11. The summed E-state index contributed by atoms with van der Waals surface area (Å²) in [5, 5.41) is 4.26. The monoisotopic (exact) mass is 264 g/mol. The van der Waals surface area contributed by atoms with Crippen molar-refractivity contribution in [1.82, 2.24) is 15.2 Å². The Hall–Kier alpha value is -0.910. The van der Waals surface area contributed by atoms with Gasteiger partial charge in [-0.15, -0.1) is 0 Å². The first kappa shape index (κ1) is 13.1. The van der Waals surface area contributed by atoms with Crippen LogP contribution in [0.5, 0.6) is 0 Å². The van der Waals surface area contributed by atoms with E-state index in [0.717, 1.165) is 19.4 Å². The molecule has 0 radical (unpaired) electrons. The van der Waals surface area contributed by atoms with Gasteiger partial charge in [-0.2, -0.15) is 5.10 Å². The molecule has 5 heteroatoms. The molecule has 1 saturated carbocycles. The molecule has 0 aromatic carbocycles. The molecule has 2 heterocycles. The SMILES string of the molecule is Cn1nccc1C(NN)C1CCOC2(CCCC2)C1. The van der Waals surface area contributed by atoms with Gasteiger partial charge in [0, 0.05) is 19.9 Å². The highest BCUT2D eigenvalue weighted by atomic mass is 16.5. The van der Waals surface area contributed by atoms with E-state index >= 15 is 0 Å². The van der Waals surface area contributed by atoms with Crippen LogP contribution in [0.3, 0.4) is 0 Å². The molecule has 1 aromatic heterocycles. The zero-order valence-corrected chi connectivity index (χ0v) is 11.6. The van der Waals surface area contributed by atoms with Crippen molar-refractivity contribution in [2.75, 3.05) is 6.61 Å². The average Bonchev–Trinajstić information content (AvgIpc) is 3.02. The largest absolute Gasteiger partial charge is 0.375 e. The number of nitrogens with zero attached hydrogens (tertiary/aromatic N) is 2. The first-order chi connectivity index (χ1) is 9.24. The Morgan fingerprint density at radius 1 is 1.53 bits per heavy atom. The lowest BCUT2D eigenvalue weighted by atomic mass is 9.80. The summed E-state index contributed by atoms with van der Waals surface area (Å²) in [5.41, 5.74) is 4.31. The van der Waals surface area contributed by atoms with Crippen molar-refractivity contribution in [2.45, 2.75) is 50.2 Å². The summed E-state index contributed by atoms with van der Waals surface area (Å²) in [7, 11) is 1.98. The van der Waals surface area contributed by atoms with E-state index in [9.17, 15) is 0 Å². The van der Waals surface area contributed by atoms with E-state index in [1.54, 1.807) is 0 Å². The van der Waals surface area contributed by atoms with Gasteiger partial charge in [0.1, 0.15) is 0 Å². The number of nitrogens with one attached hydrogen (secondary N) is 1. The Kier molecular flexibility index (Phi) is 3.60. The van der Waals surface area contributed by atoms with Gasteiger partial charge in [-0.05, 0) is 37.7 Å². The summed E-state index contributed by atoms with van der Waals surface area (Å²) in [5.74, 6) is 6.35. The molecule has 1 spiro atoms. The number of rotatable bonds is 3.